The van der Waals surface area contributed by atoms with Crippen molar-refractivity contribution in [3.8, 4) is 11.3 Å². The summed E-state index contributed by atoms with van der Waals surface area (Å²) in [6, 6.07) is 5.87. The Labute approximate surface area is 129 Å². The van der Waals surface area contributed by atoms with Gasteiger partial charge in [-0.05, 0) is 31.2 Å². The number of benzene rings is 1. The summed E-state index contributed by atoms with van der Waals surface area (Å²) >= 11 is 11.9. The molecule has 0 unspecified atom stereocenters. The van der Waals surface area contributed by atoms with Crippen molar-refractivity contribution in [1.29, 1.82) is 0 Å². The van der Waals surface area contributed by atoms with Crippen LogP contribution < -0.4 is 0 Å². The standard InChI is InChI=1S/C14H9Cl2NO4/c1-6-12(14(20)21)9(13(18)19)5-11(17-6)8-3-2-7(15)4-10(8)16/h2-5H,1H3,(H,18,19)(H,20,21). The van der Waals surface area contributed by atoms with Gasteiger partial charge in [-0.15, -0.1) is 0 Å². The van der Waals surface area contributed by atoms with Crippen LogP contribution in [0.5, 0.6) is 0 Å². The van der Waals surface area contributed by atoms with Gasteiger partial charge in [-0.3, -0.25) is 4.98 Å². The minimum Gasteiger partial charge on any atom is -0.478 e. The highest BCUT2D eigenvalue weighted by Gasteiger charge is 2.22. The molecule has 1 heterocycles. The summed E-state index contributed by atoms with van der Waals surface area (Å²) in [5.74, 6) is -2.68. The molecule has 0 atom stereocenters. The number of nitrogens with zero attached hydrogens (tertiary/aromatic N) is 1. The molecule has 0 bridgehead atoms. The largest absolute Gasteiger partial charge is 0.478 e. The second kappa shape index (κ2) is 5.71. The molecule has 5 nitrogen and oxygen atoms in total. The zero-order chi connectivity index (χ0) is 15.7. The van der Waals surface area contributed by atoms with Crippen LogP contribution in [0.1, 0.15) is 26.4 Å². The van der Waals surface area contributed by atoms with Gasteiger partial charge in [0.2, 0.25) is 0 Å². The summed E-state index contributed by atoms with van der Waals surface area (Å²) < 4.78 is 0. The maximum Gasteiger partial charge on any atom is 0.338 e. The van der Waals surface area contributed by atoms with Gasteiger partial charge in [0.1, 0.15) is 0 Å². The van der Waals surface area contributed by atoms with E-state index >= 15 is 0 Å². The van der Waals surface area contributed by atoms with E-state index in [9.17, 15) is 14.7 Å². The molecule has 1 aromatic heterocycles. The van der Waals surface area contributed by atoms with Crippen LogP contribution in [0.15, 0.2) is 24.3 Å². The lowest BCUT2D eigenvalue weighted by molar-refractivity contribution is 0.0650. The second-order valence-corrected chi connectivity index (χ2v) is 5.09. The van der Waals surface area contributed by atoms with Crippen LogP contribution in [0.2, 0.25) is 10.0 Å². The first-order valence-electron chi connectivity index (χ1n) is 5.75. The molecule has 0 aliphatic rings. The molecule has 2 N–H and O–H groups in total. The molecule has 2 aromatic rings. The number of carboxylic acids is 2. The van der Waals surface area contributed by atoms with Crippen LogP contribution in [0.3, 0.4) is 0 Å². The van der Waals surface area contributed by atoms with Crippen molar-refractivity contribution in [3.05, 3.63) is 51.1 Å². The van der Waals surface area contributed by atoms with Crippen molar-refractivity contribution >= 4 is 35.1 Å². The number of hydrogen-bond acceptors (Lipinski definition) is 3. The maximum absolute atomic E-state index is 11.3. The van der Waals surface area contributed by atoms with Crippen LogP contribution in [-0.4, -0.2) is 27.1 Å². The van der Waals surface area contributed by atoms with E-state index in [2.05, 4.69) is 4.98 Å². The Morgan fingerprint density at radius 3 is 2.29 bits per heavy atom. The van der Waals surface area contributed by atoms with Gasteiger partial charge in [0, 0.05) is 10.6 Å². The van der Waals surface area contributed by atoms with Gasteiger partial charge in [0.25, 0.3) is 0 Å². The minimum atomic E-state index is -1.34. The van der Waals surface area contributed by atoms with Crippen molar-refractivity contribution in [2.75, 3.05) is 0 Å². The third kappa shape index (κ3) is 2.99. The van der Waals surface area contributed by atoms with E-state index in [1.165, 1.54) is 19.1 Å². The van der Waals surface area contributed by atoms with E-state index in [1.54, 1.807) is 12.1 Å². The van der Waals surface area contributed by atoms with Gasteiger partial charge in [0.15, 0.2) is 0 Å². The monoisotopic (exact) mass is 325 g/mol. The fourth-order valence-corrected chi connectivity index (χ4v) is 2.45. The number of hydrogen-bond donors (Lipinski definition) is 2. The molecule has 0 aliphatic carbocycles. The Bertz CT molecular complexity index is 759. The number of carbonyl (C=O) groups is 2. The summed E-state index contributed by atoms with van der Waals surface area (Å²) in [5.41, 5.74) is 0.177. The average molecular weight is 326 g/mol. The first-order valence-corrected chi connectivity index (χ1v) is 6.50. The lowest BCUT2D eigenvalue weighted by Gasteiger charge is -2.10. The Morgan fingerprint density at radius 2 is 1.76 bits per heavy atom. The van der Waals surface area contributed by atoms with E-state index < -0.39 is 11.9 Å². The Kier molecular flexibility index (Phi) is 4.16. The third-order valence-electron chi connectivity index (χ3n) is 2.85. The summed E-state index contributed by atoms with van der Waals surface area (Å²) in [5, 5.41) is 19.0. The summed E-state index contributed by atoms with van der Waals surface area (Å²) in [7, 11) is 0. The molecule has 7 heteroatoms. The predicted octanol–water partition coefficient (Wildman–Crippen LogP) is 3.76. The number of pyridine rings is 1. The lowest BCUT2D eigenvalue weighted by Crippen LogP contribution is -2.12. The number of aromatic carboxylic acids is 2. The molecule has 108 valence electrons. The highest BCUT2D eigenvalue weighted by molar-refractivity contribution is 6.36. The third-order valence-corrected chi connectivity index (χ3v) is 3.40. The highest BCUT2D eigenvalue weighted by Crippen LogP contribution is 2.31. The van der Waals surface area contributed by atoms with Crippen molar-refractivity contribution in [2.45, 2.75) is 6.92 Å². The summed E-state index contributed by atoms with van der Waals surface area (Å²) in [6.07, 6.45) is 0. The predicted molar refractivity (Wildman–Crippen MR) is 78.3 cm³/mol. The first kappa shape index (κ1) is 15.3. The normalized spacial score (nSPS) is 10.4. The van der Waals surface area contributed by atoms with E-state index in [0.29, 0.717) is 15.6 Å². The Morgan fingerprint density at radius 1 is 1.10 bits per heavy atom. The van der Waals surface area contributed by atoms with E-state index in [4.69, 9.17) is 28.3 Å². The van der Waals surface area contributed by atoms with Gasteiger partial charge in [-0.25, -0.2) is 9.59 Å². The summed E-state index contributed by atoms with van der Waals surface area (Å²) in [6.45, 7) is 1.43. The highest BCUT2D eigenvalue weighted by atomic mass is 35.5. The van der Waals surface area contributed by atoms with E-state index in [-0.39, 0.29) is 22.5 Å². The molecule has 21 heavy (non-hydrogen) atoms. The first-order chi connectivity index (χ1) is 9.81. The van der Waals surface area contributed by atoms with Gasteiger partial charge >= 0.3 is 11.9 Å². The fraction of sp³-hybridized carbons (Fsp3) is 0.0714. The molecule has 2 rings (SSSR count). The number of aromatic nitrogens is 1. The molecule has 1 aromatic carbocycles. The smallest absolute Gasteiger partial charge is 0.338 e. The van der Waals surface area contributed by atoms with Crippen LogP contribution in [0.25, 0.3) is 11.3 Å². The topological polar surface area (TPSA) is 87.5 Å². The Balaban J connectivity index is 2.72. The zero-order valence-electron chi connectivity index (χ0n) is 10.7. The lowest BCUT2D eigenvalue weighted by atomic mass is 10.0. The van der Waals surface area contributed by atoms with Crippen LogP contribution in [-0.2, 0) is 0 Å². The number of aryl methyl sites for hydroxylation is 1. The second-order valence-electron chi connectivity index (χ2n) is 4.25. The van der Waals surface area contributed by atoms with Gasteiger partial charge in [-0.2, -0.15) is 0 Å². The minimum absolute atomic E-state index is 0.100. The number of carboxylic acid groups (broad SMARTS) is 2. The quantitative estimate of drug-likeness (QED) is 0.897. The van der Waals surface area contributed by atoms with Crippen LogP contribution in [0.4, 0.5) is 0 Å². The van der Waals surface area contributed by atoms with Gasteiger partial charge < -0.3 is 10.2 Å². The fourth-order valence-electron chi connectivity index (χ4n) is 1.95. The molecule has 0 aliphatic heterocycles. The van der Waals surface area contributed by atoms with Crippen molar-refractivity contribution in [1.82, 2.24) is 4.98 Å². The van der Waals surface area contributed by atoms with Gasteiger partial charge in [-0.1, -0.05) is 23.2 Å². The van der Waals surface area contributed by atoms with E-state index in [1.807, 2.05) is 0 Å². The zero-order valence-corrected chi connectivity index (χ0v) is 12.2. The van der Waals surface area contributed by atoms with Gasteiger partial charge in [0.05, 0.1) is 27.5 Å². The maximum atomic E-state index is 11.3. The van der Waals surface area contributed by atoms with Crippen molar-refractivity contribution in [2.24, 2.45) is 0 Å². The van der Waals surface area contributed by atoms with Crippen LogP contribution >= 0.6 is 23.2 Å². The molecule has 0 spiro atoms. The van der Waals surface area contributed by atoms with Crippen molar-refractivity contribution < 1.29 is 19.8 Å². The number of rotatable bonds is 3. The molecule has 0 fully saturated rings. The molecule has 0 saturated heterocycles. The Hall–Kier alpha value is -2.11. The molecular formula is C14H9Cl2NO4. The van der Waals surface area contributed by atoms with Crippen molar-refractivity contribution in [3.63, 3.8) is 0 Å². The SMILES string of the molecule is Cc1nc(-c2ccc(Cl)cc2Cl)cc(C(=O)O)c1C(=O)O. The summed E-state index contributed by atoms with van der Waals surface area (Å²) in [4.78, 5) is 26.5. The number of halogens is 2. The van der Waals surface area contributed by atoms with Crippen LogP contribution in [0, 0.1) is 6.92 Å². The average Bonchev–Trinajstić information content (AvgIpc) is 2.36. The van der Waals surface area contributed by atoms with E-state index in [0.717, 1.165) is 0 Å². The molecular weight excluding hydrogens is 317 g/mol. The molecule has 0 radical (unpaired) electrons. The molecule has 0 saturated carbocycles. The molecule has 0 amide bonds.